The number of hydrogen-bond donors (Lipinski definition) is 0. The molecule has 0 aliphatic heterocycles. The third-order valence-corrected chi connectivity index (χ3v) is 4.74. The average Bonchev–Trinajstić information content (AvgIpc) is 2.96. The van der Waals surface area contributed by atoms with E-state index in [1.54, 1.807) is 10.6 Å². The number of amides is 1. The van der Waals surface area contributed by atoms with Gasteiger partial charge in [0.1, 0.15) is 5.82 Å². The highest BCUT2D eigenvalue weighted by atomic mass is 32.1. The van der Waals surface area contributed by atoms with E-state index in [2.05, 4.69) is 4.99 Å². The Morgan fingerprint density at radius 3 is 2.69 bits per heavy atom. The summed E-state index contributed by atoms with van der Waals surface area (Å²) in [5, 5.41) is 11.0. The number of carbonyl (C=O) groups excluding carboxylic acids is 1. The van der Waals surface area contributed by atoms with Gasteiger partial charge < -0.3 is 9.30 Å². The maximum absolute atomic E-state index is 13.0. The second-order valence-electron chi connectivity index (χ2n) is 5.36. The number of nitrogens with zero attached hydrogens (tertiary/aromatic N) is 3. The first kappa shape index (κ1) is 17.9. The number of hydrogen-bond acceptors (Lipinski definition) is 5. The van der Waals surface area contributed by atoms with Crippen LogP contribution < -0.4 is 4.80 Å². The number of halogens is 1. The van der Waals surface area contributed by atoms with Crippen LogP contribution in [0.2, 0.25) is 0 Å². The molecule has 3 aromatic rings. The minimum atomic E-state index is -0.516. The molecule has 2 aromatic carbocycles. The van der Waals surface area contributed by atoms with E-state index in [1.165, 1.54) is 54.8 Å². The summed E-state index contributed by atoms with van der Waals surface area (Å²) in [5.41, 5.74) is 0.818. The molecule has 0 bridgehead atoms. The molecular formula is C17H14FN3O4S. The predicted molar refractivity (Wildman–Crippen MR) is 94.6 cm³/mol. The van der Waals surface area contributed by atoms with Crippen LogP contribution in [0.3, 0.4) is 0 Å². The van der Waals surface area contributed by atoms with Gasteiger partial charge in [-0.15, -0.1) is 0 Å². The number of aromatic nitrogens is 1. The Kier molecular flexibility index (Phi) is 5.19. The number of nitro groups is 1. The molecule has 0 N–H and O–H groups in total. The summed E-state index contributed by atoms with van der Waals surface area (Å²) in [6.07, 6.45) is 0. The minimum absolute atomic E-state index is 0.0436. The first-order valence-corrected chi connectivity index (χ1v) is 8.42. The number of rotatable bonds is 5. The zero-order chi connectivity index (χ0) is 18.7. The summed E-state index contributed by atoms with van der Waals surface area (Å²) in [7, 11) is 1.54. The quantitative estimate of drug-likeness (QED) is 0.506. The second-order valence-corrected chi connectivity index (χ2v) is 6.37. The molecule has 134 valence electrons. The Morgan fingerprint density at radius 1 is 1.31 bits per heavy atom. The van der Waals surface area contributed by atoms with Crippen LogP contribution in [0.4, 0.5) is 10.1 Å². The van der Waals surface area contributed by atoms with Gasteiger partial charge in [0.25, 0.3) is 11.6 Å². The lowest BCUT2D eigenvalue weighted by atomic mass is 10.2. The Bertz CT molecular complexity index is 1040. The molecule has 1 heterocycles. The number of ether oxygens (including phenoxy) is 1. The van der Waals surface area contributed by atoms with Crippen molar-refractivity contribution in [3.63, 3.8) is 0 Å². The van der Waals surface area contributed by atoms with Gasteiger partial charge in [0.2, 0.25) is 0 Å². The largest absolute Gasteiger partial charge is 0.383 e. The van der Waals surface area contributed by atoms with Gasteiger partial charge in [-0.05, 0) is 30.3 Å². The molecule has 0 aliphatic carbocycles. The lowest BCUT2D eigenvalue weighted by Gasteiger charge is -2.04. The normalized spacial score (nSPS) is 11.8. The fourth-order valence-corrected chi connectivity index (χ4v) is 3.43. The van der Waals surface area contributed by atoms with Gasteiger partial charge in [0, 0.05) is 31.4 Å². The summed E-state index contributed by atoms with van der Waals surface area (Å²) < 4.78 is 20.6. The molecule has 9 heteroatoms. The number of benzene rings is 2. The molecule has 0 fully saturated rings. The maximum atomic E-state index is 13.0. The second kappa shape index (κ2) is 7.54. The van der Waals surface area contributed by atoms with Crippen molar-refractivity contribution in [2.24, 2.45) is 4.99 Å². The molecule has 1 amide bonds. The SMILES string of the molecule is COCCn1c(=NC(=O)c2ccc(F)cc2)sc2ccc([N+](=O)[O-])cc21. The van der Waals surface area contributed by atoms with Crippen molar-refractivity contribution < 1.29 is 18.8 Å². The van der Waals surface area contributed by atoms with Crippen LogP contribution in [0.5, 0.6) is 0 Å². The van der Waals surface area contributed by atoms with Crippen LogP contribution in [-0.4, -0.2) is 29.1 Å². The van der Waals surface area contributed by atoms with E-state index in [4.69, 9.17) is 4.74 Å². The molecule has 7 nitrogen and oxygen atoms in total. The zero-order valence-corrected chi connectivity index (χ0v) is 14.5. The van der Waals surface area contributed by atoms with Crippen LogP contribution >= 0.6 is 11.3 Å². The molecule has 3 rings (SSSR count). The van der Waals surface area contributed by atoms with Gasteiger partial charge in [-0.1, -0.05) is 11.3 Å². The summed E-state index contributed by atoms with van der Waals surface area (Å²) in [6, 6.07) is 9.58. The number of non-ortho nitro benzene ring substituents is 1. The van der Waals surface area contributed by atoms with E-state index in [1.807, 2.05) is 0 Å². The number of carbonyl (C=O) groups is 1. The summed E-state index contributed by atoms with van der Waals surface area (Å²) >= 11 is 1.24. The fourth-order valence-electron chi connectivity index (χ4n) is 2.40. The smallest absolute Gasteiger partial charge is 0.279 e. The van der Waals surface area contributed by atoms with E-state index < -0.39 is 16.6 Å². The van der Waals surface area contributed by atoms with Crippen molar-refractivity contribution in [1.82, 2.24) is 4.57 Å². The molecule has 0 spiro atoms. The van der Waals surface area contributed by atoms with Gasteiger partial charge in [-0.2, -0.15) is 4.99 Å². The van der Waals surface area contributed by atoms with Gasteiger partial charge >= 0.3 is 0 Å². The minimum Gasteiger partial charge on any atom is -0.383 e. The monoisotopic (exact) mass is 375 g/mol. The highest BCUT2D eigenvalue weighted by Crippen LogP contribution is 2.23. The van der Waals surface area contributed by atoms with E-state index in [-0.39, 0.29) is 11.3 Å². The number of fused-ring (bicyclic) bond motifs is 1. The Balaban J connectivity index is 2.12. The van der Waals surface area contributed by atoms with Crippen molar-refractivity contribution in [3.05, 3.63) is 68.8 Å². The zero-order valence-electron chi connectivity index (χ0n) is 13.7. The third-order valence-electron chi connectivity index (χ3n) is 3.68. The first-order chi connectivity index (χ1) is 12.5. The van der Waals surface area contributed by atoms with E-state index in [0.29, 0.717) is 23.5 Å². The van der Waals surface area contributed by atoms with Crippen molar-refractivity contribution in [2.45, 2.75) is 6.54 Å². The highest BCUT2D eigenvalue weighted by molar-refractivity contribution is 7.16. The van der Waals surface area contributed by atoms with Crippen LogP contribution in [0, 0.1) is 15.9 Å². The molecule has 0 saturated heterocycles. The van der Waals surface area contributed by atoms with Crippen molar-refractivity contribution in [2.75, 3.05) is 13.7 Å². The first-order valence-electron chi connectivity index (χ1n) is 7.61. The lowest BCUT2D eigenvalue weighted by molar-refractivity contribution is -0.384. The molecule has 26 heavy (non-hydrogen) atoms. The molecule has 0 unspecified atom stereocenters. The van der Waals surface area contributed by atoms with Gasteiger partial charge in [0.05, 0.1) is 21.7 Å². The van der Waals surface area contributed by atoms with E-state index >= 15 is 0 Å². The van der Waals surface area contributed by atoms with Crippen LogP contribution in [0.25, 0.3) is 10.2 Å². The molecule has 1 aromatic heterocycles. The van der Waals surface area contributed by atoms with Crippen molar-refractivity contribution >= 4 is 33.1 Å². The number of thiazole rings is 1. The highest BCUT2D eigenvalue weighted by Gasteiger charge is 2.13. The van der Waals surface area contributed by atoms with Gasteiger partial charge in [-0.25, -0.2) is 4.39 Å². The van der Waals surface area contributed by atoms with Gasteiger partial charge in [-0.3, -0.25) is 14.9 Å². The topological polar surface area (TPSA) is 86.7 Å². The Morgan fingerprint density at radius 2 is 2.04 bits per heavy atom. The standard InChI is InChI=1S/C17H14FN3O4S/c1-25-9-8-20-14-10-13(21(23)24)6-7-15(14)26-17(20)19-16(22)11-2-4-12(18)5-3-11/h2-7,10H,8-9H2,1H3. The lowest BCUT2D eigenvalue weighted by Crippen LogP contribution is -2.19. The maximum Gasteiger partial charge on any atom is 0.279 e. The molecule has 0 saturated carbocycles. The fraction of sp³-hybridized carbons (Fsp3) is 0.176. The van der Waals surface area contributed by atoms with Crippen molar-refractivity contribution in [3.8, 4) is 0 Å². The molecule has 0 radical (unpaired) electrons. The molecular weight excluding hydrogens is 361 g/mol. The van der Waals surface area contributed by atoms with E-state index in [0.717, 1.165) is 4.70 Å². The summed E-state index contributed by atoms with van der Waals surface area (Å²) in [6.45, 7) is 0.736. The summed E-state index contributed by atoms with van der Waals surface area (Å²) in [5.74, 6) is -0.955. The summed E-state index contributed by atoms with van der Waals surface area (Å²) in [4.78, 5) is 27.4. The Labute approximate surface area is 151 Å². The number of nitro benzene ring substituents is 1. The third kappa shape index (κ3) is 3.68. The van der Waals surface area contributed by atoms with E-state index in [9.17, 15) is 19.3 Å². The van der Waals surface area contributed by atoms with Crippen LogP contribution in [0.15, 0.2) is 47.5 Å². The average molecular weight is 375 g/mol. The van der Waals surface area contributed by atoms with Crippen LogP contribution in [-0.2, 0) is 11.3 Å². The number of methoxy groups -OCH3 is 1. The molecule has 0 atom stereocenters. The predicted octanol–water partition coefficient (Wildman–Crippen LogP) is 3.14. The van der Waals surface area contributed by atoms with Gasteiger partial charge in [0.15, 0.2) is 4.80 Å². The van der Waals surface area contributed by atoms with Crippen molar-refractivity contribution in [1.29, 1.82) is 0 Å². The Hall–Kier alpha value is -2.91. The molecule has 0 aliphatic rings. The van der Waals surface area contributed by atoms with Crippen LogP contribution in [0.1, 0.15) is 10.4 Å².